The molecular weight excluding hydrogens is 362 g/mol. The van der Waals surface area contributed by atoms with Crippen molar-refractivity contribution in [2.45, 2.75) is 19.9 Å². The molecule has 0 aliphatic heterocycles. The van der Waals surface area contributed by atoms with Crippen LogP contribution < -0.4 is 5.32 Å². The lowest BCUT2D eigenvalue weighted by Gasteiger charge is -2.15. The lowest BCUT2D eigenvalue weighted by molar-refractivity contribution is -0.384. The third-order valence-electron chi connectivity index (χ3n) is 3.69. The van der Waals surface area contributed by atoms with E-state index in [-0.39, 0.29) is 17.7 Å². The highest BCUT2D eigenvalue weighted by Gasteiger charge is 2.20. The summed E-state index contributed by atoms with van der Waals surface area (Å²) in [6.07, 6.45) is 0. The Morgan fingerprint density at radius 1 is 1.15 bits per heavy atom. The second-order valence-corrected chi connectivity index (χ2v) is 5.61. The molecule has 2 aromatic rings. The van der Waals surface area contributed by atoms with Gasteiger partial charge in [0, 0.05) is 17.7 Å². The van der Waals surface area contributed by atoms with E-state index < -0.39 is 40.2 Å². The number of hydrogen-bond donors (Lipinski definition) is 1. The summed E-state index contributed by atoms with van der Waals surface area (Å²) >= 11 is 0. The fourth-order valence-corrected chi connectivity index (χ4v) is 2.32. The van der Waals surface area contributed by atoms with Gasteiger partial charge in [-0.05, 0) is 37.6 Å². The Bertz CT molecular complexity index is 901. The minimum absolute atomic E-state index is 0.0657. The lowest BCUT2D eigenvalue weighted by atomic mass is 10.1. The van der Waals surface area contributed by atoms with Crippen molar-refractivity contribution in [3.8, 4) is 0 Å². The van der Waals surface area contributed by atoms with Gasteiger partial charge in [-0.3, -0.25) is 14.9 Å². The predicted molar refractivity (Wildman–Crippen MR) is 91.3 cm³/mol. The average Bonchev–Trinajstić information content (AvgIpc) is 2.63. The van der Waals surface area contributed by atoms with Crippen LogP contribution in [0.2, 0.25) is 0 Å². The molecular formula is C18H16F2N2O5. The van der Waals surface area contributed by atoms with Gasteiger partial charge in [-0.25, -0.2) is 13.6 Å². The maximum absolute atomic E-state index is 13.3. The highest BCUT2D eigenvalue weighted by molar-refractivity contribution is 5.99. The first-order chi connectivity index (χ1) is 12.7. The Labute approximate surface area is 153 Å². The predicted octanol–water partition coefficient (Wildman–Crippen LogP) is 3.54. The number of carbonyl (C=O) groups excluding carboxylic acids is 2. The van der Waals surface area contributed by atoms with Crippen LogP contribution in [0.5, 0.6) is 0 Å². The molecule has 0 radical (unpaired) electrons. The maximum atomic E-state index is 13.3. The summed E-state index contributed by atoms with van der Waals surface area (Å²) in [5, 5.41) is 13.6. The van der Waals surface area contributed by atoms with Crippen LogP contribution in [0, 0.1) is 21.7 Å². The first kappa shape index (κ1) is 20.0. The molecule has 27 heavy (non-hydrogen) atoms. The number of benzene rings is 2. The van der Waals surface area contributed by atoms with E-state index in [1.54, 1.807) is 6.92 Å². The van der Waals surface area contributed by atoms with Crippen molar-refractivity contribution in [2.75, 3.05) is 6.61 Å². The zero-order valence-corrected chi connectivity index (χ0v) is 14.5. The number of nitrogens with one attached hydrogen (secondary N) is 1. The molecule has 2 aromatic carbocycles. The zero-order chi connectivity index (χ0) is 20.1. The molecule has 142 valence electrons. The second kappa shape index (κ2) is 8.35. The molecule has 1 N–H and O–H groups in total. The first-order valence-corrected chi connectivity index (χ1v) is 7.95. The van der Waals surface area contributed by atoms with Gasteiger partial charge in [0.15, 0.2) is 11.6 Å². The lowest BCUT2D eigenvalue weighted by Crippen LogP contribution is -2.27. The van der Waals surface area contributed by atoms with Crippen LogP contribution in [-0.4, -0.2) is 23.4 Å². The van der Waals surface area contributed by atoms with Gasteiger partial charge in [0.2, 0.25) is 0 Å². The summed E-state index contributed by atoms with van der Waals surface area (Å²) in [6.45, 7) is 3.18. The molecule has 0 aliphatic carbocycles. The summed E-state index contributed by atoms with van der Waals surface area (Å²) in [5.41, 5.74) is -0.428. The number of esters is 1. The number of hydrogen-bond acceptors (Lipinski definition) is 5. The first-order valence-electron chi connectivity index (χ1n) is 7.95. The molecule has 0 saturated heterocycles. The highest BCUT2D eigenvalue weighted by Crippen LogP contribution is 2.20. The Kier molecular flexibility index (Phi) is 6.17. The maximum Gasteiger partial charge on any atom is 0.338 e. The van der Waals surface area contributed by atoms with Crippen molar-refractivity contribution in [2.24, 2.45) is 0 Å². The van der Waals surface area contributed by atoms with Gasteiger partial charge in [0.1, 0.15) is 0 Å². The van der Waals surface area contributed by atoms with Crippen LogP contribution in [-0.2, 0) is 4.74 Å². The van der Waals surface area contributed by atoms with E-state index >= 15 is 0 Å². The Morgan fingerprint density at radius 3 is 2.41 bits per heavy atom. The van der Waals surface area contributed by atoms with Gasteiger partial charge < -0.3 is 10.1 Å². The third kappa shape index (κ3) is 4.84. The van der Waals surface area contributed by atoms with Crippen molar-refractivity contribution in [1.82, 2.24) is 5.32 Å². The van der Waals surface area contributed by atoms with Crippen LogP contribution in [0.1, 0.15) is 46.2 Å². The number of nitrogens with zero attached hydrogens (tertiary/aromatic N) is 1. The minimum atomic E-state index is -1.06. The molecule has 7 nitrogen and oxygen atoms in total. The molecule has 0 aromatic heterocycles. The Hall–Kier alpha value is -3.36. The molecule has 1 atom stereocenters. The number of halogens is 2. The van der Waals surface area contributed by atoms with Crippen molar-refractivity contribution < 1.29 is 28.0 Å². The monoisotopic (exact) mass is 378 g/mol. The standard InChI is InChI=1S/C18H16F2N2O5/c1-3-27-18(24)13-6-12(7-14(8-13)22(25)26)17(23)21-10(2)11-4-5-15(19)16(20)9-11/h4-10H,3H2,1-2H3,(H,21,23). The van der Waals surface area contributed by atoms with E-state index in [0.29, 0.717) is 5.56 Å². The smallest absolute Gasteiger partial charge is 0.338 e. The highest BCUT2D eigenvalue weighted by atomic mass is 19.2. The molecule has 0 heterocycles. The zero-order valence-electron chi connectivity index (χ0n) is 14.5. The van der Waals surface area contributed by atoms with E-state index in [2.05, 4.69) is 5.32 Å². The average molecular weight is 378 g/mol. The van der Waals surface area contributed by atoms with Gasteiger partial charge in [-0.1, -0.05) is 6.07 Å². The quantitative estimate of drug-likeness (QED) is 0.471. The van der Waals surface area contributed by atoms with Crippen molar-refractivity contribution >= 4 is 17.6 Å². The van der Waals surface area contributed by atoms with Crippen LogP contribution in [0.25, 0.3) is 0 Å². The number of non-ortho nitro benzene ring substituents is 1. The van der Waals surface area contributed by atoms with E-state index in [0.717, 1.165) is 30.3 Å². The van der Waals surface area contributed by atoms with E-state index in [1.807, 2.05) is 0 Å². The molecule has 1 unspecified atom stereocenters. The van der Waals surface area contributed by atoms with Crippen molar-refractivity contribution in [3.63, 3.8) is 0 Å². The molecule has 0 bridgehead atoms. The van der Waals surface area contributed by atoms with Gasteiger partial charge in [0.05, 0.1) is 23.1 Å². The molecule has 0 spiro atoms. The minimum Gasteiger partial charge on any atom is -0.462 e. The van der Waals surface area contributed by atoms with Gasteiger partial charge >= 0.3 is 5.97 Å². The number of amides is 1. The number of rotatable bonds is 6. The fraction of sp³-hybridized carbons (Fsp3) is 0.222. The van der Waals surface area contributed by atoms with E-state index in [1.165, 1.54) is 13.0 Å². The molecule has 0 fully saturated rings. The van der Waals surface area contributed by atoms with Gasteiger partial charge in [-0.2, -0.15) is 0 Å². The summed E-state index contributed by atoms with van der Waals surface area (Å²) < 4.78 is 31.2. The van der Waals surface area contributed by atoms with Crippen LogP contribution in [0.3, 0.4) is 0 Å². The summed E-state index contributed by atoms with van der Waals surface area (Å²) in [4.78, 5) is 34.6. The largest absolute Gasteiger partial charge is 0.462 e. The molecule has 0 saturated carbocycles. The van der Waals surface area contributed by atoms with Crippen molar-refractivity contribution in [3.05, 3.63) is 74.8 Å². The van der Waals surface area contributed by atoms with Crippen LogP contribution in [0.15, 0.2) is 36.4 Å². The number of carbonyl (C=O) groups is 2. The topological polar surface area (TPSA) is 98.5 Å². The summed E-state index contributed by atoms with van der Waals surface area (Å²) in [6, 6.07) is 5.65. The molecule has 9 heteroatoms. The van der Waals surface area contributed by atoms with Gasteiger partial charge in [-0.15, -0.1) is 0 Å². The van der Waals surface area contributed by atoms with E-state index in [4.69, 9.17) is 4.74 Å². The Morgan fingerprint density at radius 2 is 1.81 bits per heavy atom. The van der Waals surface area contributed by atoms with Crippen LogP contribution in [0.4, 0.5) is 14.5 Å². The summed E-state index contributed by atoms with van der Waals surface area (Å²) in [5.74, 6) is -3.60. The normalized spacial score (nSPS) is 11.6. The molecule has 1 amide bonds. The summed E-state index contributed by atoms with van der Waals surface area (Å²) in [7, 11) is 0. The third-order valence-corrected chi connectivity index (χ3v) is 3.69. The molecule has 0 aliphatic rings. The van der Waals surface area contributed by atoms with Crippen LogP contribution >= 0.6 is 0 Å². The SMILES string of the molecule is CCOC(=O)c1cc(C(=O)NC(C)c2ccc(F)c(F)c2)cc([N+](=O)[O-])c1. The van der Waals surface area contributed by atoms with Crippen molar-refractivity contribution in [1.29, 1.82) is 0 Å². The molecule has 2 rings (SSSR count). The fourth-order valence-electron chi connectivity index (χ4n) is 2.32. The number of nitro benzene ring substituents is 1. The van der Waals surface area contributed by atoms with Gasteiger partial charge in [0.25, 0.3) is 11.6 Å². The number of nitro groups is 1. The number of ether oxygens (including phenoxy) is 1. The second-order valence-electron chi connectivity index (χ2n) is 5.61. The van der Waals surface area contributed by atoms with E-state index in [9.17, 15) is 28.5 Å². The Balaban J connectivity index is 2.29.